The summed E-state index contributed by atoms with van der Waals surface area (Å²) in [6, 6.07) is 64.9. The molecular weight excluding hydrogens is 633 g/mol. The molecule has 0 fully saturated rings. The first-order chi connectivity index (χ1) is 25.8. The molecule has 242 valence electrons. The third kappa shape index (κ3) is 4.28. The lowest BCUT2D eigenvalue weighted by Gasteiger charge is -2.13. The number of para-hydroxylation sites is 2. The zero-order valence-electron chi connectivity index (χ0n) is 28.1. The highest BCUT2D eigenvalue weighted by Crippen LogP contribution is 2.42. The molecule has 0 N–H and O–H groups in total. The van der Waals surface area contributed by atoms with Crippen LogP contribution in [0.2, 0.25) is 0 Å². The van der Waals surface area contributed by atoms with Gasteiger partial charge in [-0.15, -0.1) is 0 Å². The fourth-order valence-electron chi connectivity index (χ4n) is 8.17. The van der Waals surface area contributed by atoms with Gasteiger partial charge in [0.1, 0.15) is 0 Å². The van der Waals surface area contributed by atoms with E-state index in [1.165, 1.54) is 48.9 Å². The molecule has 0 saturated carbocycles. The molecule has 52 heavy (non-hydrogen) atoms. The van der Waals surface area contributed by atoms with Crippen LogP contribution >= 0.6 is 0 Å². The van der Waals surface area contributed by atoms with E-state index >= 15 is 0 Å². The molecule has 0 amide bonds. The molecule has 0 saturated heterocycles. The number of hydrogen-bond donors (Lipinski definition) is 0. The molecule has 0 atom stereocenters. The van der Waals surface area contributed by atoms with Crippen molar-refractivity contribution in [3.63, 3.8) is 0 Å². The molecule has 0 radical (unpaired) electrons. The Balaban J connectivity index is 1.27. The summed E-state index contributed by atoms with van der Waals surface area (Å²) in [5, 5.41) is 8.46. The predicted molar refractivity (Wildman–Crippen MR) is 217 cm³/mol. The van der Waals surface area contributed by atoms with Gasteiger partial charge < -0.3 is 9.13 Å². The zero-order valence-corrected chi connectivity index (χ0v) is 28.1. The van der Waals surface area contributed by atoms with Crippen LogP contribution in [0, 0.1) is 0 Å². The van der Waals surface area contributed by atoms with E-state index in [0.717, 1.165) is 50.4 Å². The lowest BCUT2D eigenvalue weighted by atomic mass is 10.0. The fraction of sp³-hybridized carbons (Fsp3) is 0. The first-order valence-electron chi connectivity index (χ1n) is 17.7. The van der Waals surface area contributed by atoms with Crippen LogP contribution in [0.25, 0.3) is 99.3 Å². The van der Waals surface area contributed by atoms with Gasteiger partial charge >= 0.3 is 0 Å². The quantitative estimate of drug-likeness (QED) is 0.188. The van der Waals surface area contributed by atoms with Crippen LogP contribution in [0.4, 0.5) is 0 Å². The van der Waals surface area contributed by atoms with Crippen LogP contribution in [0.3, 0.4) is 0 Å². The molecule has 0 spiro atoms. The Labute approximate surface area is 299 Å². The van der Waals surface area contributed by atoms with Crippen molar-refractivity contribution in [1.82, 2.24) is 19.1 Å². The van der Waals surface area contributed by atoms with E-state index in [0.29, 0.717) is 0 Å². The highest BCUT2D eigenvalue weighted by molar-refractivity contribution is 6.25. The standard InChI is InChI=1S/C48H30N4/c1-4-15-32(16-5-1)47-39-28-35(25-26-41(39)49-48(50-47)33-17-6-2-7-18-33)52-43-27-24-31-14-10-11-21-36(31)46(43)40-29-38-37-22-12-13-23-42(37)51(44(38)30-45(40)52)34-19-8-3-9-20-34/h1-30H. The van der Waals surface area contributed by atoms with Crippen molar-refractivity contribution < 1.29 is 0 Å². The Morgan fingerprint density at radius 3 is 1.81 bits per heavy atom. The van der Waals surface area contributed by atoms with E-state index in [9.17, 15) is 0 Å². The van der Waals surface area contributed by atoms with Crippen LogP contribution < -0.4 is 0 Å². The molecular formula is C48H30N4. The van der Waals surface area contributed by atoms with Gasteiger partial charge in [0, 0.05) is 49.4 Å². The summed E-state index contributed by atoms with van der Waals surface area (Å²) < 4.78 is 4.83. The molecule has 8 aromatic carbocycles. The van der Waals surface area contributed by atoms with Crippen molar-refractivity contribution in [1.29, 1.82) is 0 Å². The Morgan fingerprint density at radius 2 is 1.00 bits per heavy atom. The summed E-state index contributed by atoms with van der Waals surface area (Å²) in [5.41, 5.74) is 10.8. The number of fused-ring (bicyclic) bond motifs is 9. The maximum Gasteiger partial charge on any atom is 0.160 e. The van der Waals surface area contributed by atoms with Crippen LogP contribution in [0.15, 0.2) is 182 Å². The summed E-state index contributed by atoms with van der Waals surface area (Å²) in [6.45, 7) is 0. The van der Waals surface area contributed by atoms with Crippen molar-refractivity contribution in [2.24, 2.45) is 0 Å². The Kier molecular flexibility index (Phi) is 6.22. The number of aromatic nitrogens is 4. The van der Waals surface area contributed by atoms with Crippen LogP contribution in [0.5, 0.6) is 0 Å². The van der Waals surface area contributed by atoms with Crippen LogP contribution in [-0.2, 0) is 0 Å². The van der Waals surface area contributed by atoms with Gasteiger partial charge in [-0.2, -0.15) is 0 Å². The van der Waals surface area contributed by atoms with Gasteiger partial charge in [0.15, 0.2) is 5.82 Å². The normalized spacial score (nSPS) is 11.8. The van der Waals surface area contributed by atoms with Crippen LogP contribution in [-0.4, -0.2) is 19.1 Å². The second-order valence-electron chi connectivity index (χ2n) is 13.4. The van der Waals surface area contributed by atoms with E-state index in [1.54, 1.807) is 0 Å². The molecule has 4 heteroatoms. The molecule has 0 aliphatic heterocycles. The maximum atomic E-state index is 5.22. The Hall–Kier alpha value is -7.04. The summed E-state index contributed by atoms with van der Waals surface area (Å²) in [7, 11) is 0. The summed E-state index contributed by atoms with van der Waals surface area (Å²) in [5.74, 6) is 0.721. The predicted octanol–water partition coefficient (Wildman–Crippen LogP) is 12.3. The highest BCUT2D eigenvalue weighted by Gasteiger charge is 2.21. The van der Waals surface area contributed by atoms with E-state index in [2.05, 4.69) is 167 Å². The molecule has 3 aromatic heterocycles. The van der Waals surface area contributed by atoms with Crippen LogP contribution in [0.1, 0.15) is 0 Å². The van der Waals surface area contributed by atoms with Crippen molar-refractivity contribution in [2.75, 3.05) is 0 Å². The topological polar surface area (TPSA) is 35.6 Å². The van der Waals surface area contributed by atoms with Gasteiger partial charge in [-0.1, -0.05) is 127 Å². The average molecular weight is 663 g/mol. The van der Waals surface area contributed by atoms with Gasteiger partial charge in [-0.05, 0) is 65.4 Å². The molecule has 0 bridgehead atoms. The fourth-order valence-corrected chi connectivity index (χ4v) is 8.17. The number of nitrogens with zero attached hydrogens (tertiary/aromatic N) is 4. The first-order valence-corrected chi connectivity index (χ1v) is 17.7. The number of benzene rings is 8. The highest BCUT2D eigenvalue weighted by atomic mass is 15.0. The number of rotatable bonds is 4. The largest absolute Gasteiger partial charge is 0.309 e. The Morgan fingerprint density at radius 1 is 0.346 bits per heavy atom. The molecule has 3 heterocycles. The van der Waals surface area contributed by atoms with Gasteiger partial charge in [0.05, 0.1) is 33.3 Å². The molecule has 0 unspecified atom stereocenters. The second-order valence-corrected chi connectivity index (χ2v) is 13.4. The minimum atomic E-state index is 0.721. The SMILES string of the molecule is c1ccc(-c2nc(-c3ccccc3)c3cc(-n4c5cc6c(cc5c5c7ccccc7ccc54)c4ccccc4n6-c4ccccc4)ccc3n2)cc1. The van der Waals surface area contributed by atoms with Crippen molar-refractivity contribution in [3.8, 4) is 34.0 Å². The minimum absolute atomic E-state index is 0.721. The minimum Gasteiger partial charge on any atom is -0.309 e. The van der Waals surface area contributed by atoms with Crippen molar-refractivity contribution in [3.05, 3.63) is 182 Å². The average Bonchev–Trinajstić information content (AvgIpc) is 3.72. The van der Waals surface area contributed by atoms with Gasteiger partial charge in [0.25, 0.3) is 0 Å². The van der Waals surface area contributed by atoms with E-state index in [1.807, 2.05) is 24.3 Å². The summed E-state index contributed by atoms with van der Waals surface area (Å²) >= 11 is 0. The van der Waals surface area contributed by atoms with Crippen molar-refractivity contribution in [2.45, 2.75) is 0 Å². The van der Waals surface area contributed by atoms with Gasteiger partial charge in [-0.3, -0.25) is 0 Å². The molecule has 0 aliphatic carbocycles. The first kappa shape index (κ1) is 28.8. The van der Waals surface area contributed by atoms with E-state index in [-0.39, 0.29) is 0 Å². The number of hydrogen-bond acceptors (Lipinski definition) is 2. The maximum absolute atomic E-state index is 5.22. The summed E-state index contributed by atoms with van der Waals surface area (Å²) in [6.07, 6.45) is 0. The summed E-state index contributed by atoms with van der Waals surface area (Å²) in [4.78, 5) is 10.3. The van der Waals surface area contributed by atoms with Gasteiger partial charge in [0.2, 0.25) is 0 Å². The third-order valence-corrected chi connectivity index (χ3v) is 10.5. The molecule has 0 aliphatic rings. The molecule has 4 nitrogen and oxygen atoms in total. The zero-order chi connectivity index (χ0) is 34.2. The second kappa shape index (κ2) is 11.2. The van der Waals surface area contributed by atoms with E-state index < -0.39 is 0 Å². The van der Waals surface area contributed by atoms with Crippen molar-refractivity contribution >= 4 is 65.3 Å². The molecule has 11 rings (SSSR count). The smallest absolute Gasteiger partial charge is 0.160 e. The third-order valence-electron chi connectivity index (χ3n) is 10.5. The van der Waals surface area contributed by atoms with E-state index in [4.69, 9.17) is 9.97 Å². The lowest BCUT2D eigenvalue weighted by Crippen LogP contribution is -1.99. The lowest BCUT2D eigenvalue weighted by molar-refractivity contribution is 1.16. The molecule has 11 aromatic rings. The Bertz CT molecular complexity index is 3160. The van der Waals surface area contributed by atoms with Gasteiger partial charge in [-0.25, -0.2) is 9.97 Å². The monoisotopic (exact) mass is 662 g/mol.